The molecule has 1 saturated heterocycles. The van der Waals surface area contributed by atoms with Gasteiger partial charge in [0.1, 0.15) is 6.04 Å². The molecule has 0 bridgehead atoms. The molecule has 0 amide bonds. The summed E-state index contributed by atoms with van der Waals surface area (Å²) in [6, 6.07) is 12.5. The number of nitrogens with zero attached hydrogens (tertiary/aromatic N) is 3. The van der Waals surface area contributed by atoms with Gasteiger partial charge in [0.2, 0.25) is 0 Å². The number of likely N-dealkylation sites (tertiary alicyclic amines) is 1. The Morgan fingerprint density at radius 3 is 2.70 bits per heavy atom. The van der Waals surface area contributed by atoms with Crippen LogP contribution in [0.1, 0.15) is 34.3 Å². The number of aromatic nitrogens is 1. The molecule has 23 heavy (non-hydrogen) atoms. The number of ether oxygens (including phenoxy) is 1. The van der Waals surface area contributed by atoms with E-state index in [9.17, 15) is 5.26 Å². The van der Waals surface area contributed by atoms with E-state index >= 15 is 0 Å². The normalized spacial score (nSPS) is 17.7. The first kappa shape index (κ1) is 16.1. The highest BCUT2D eigenvalue weighted by Gasteiger charge is 2.27. The molecule has 5 heteroatoms. The van der Waals surface area contributed by atoms with Crippen molar-refractivity contribution >= 4 is 11.3 Å². The molecule has 0 spiro atoms. The van der Waals surface area contributed by atoms with Crippen LogP contribution >= 0.6 is 11.3 Å². The average Bonchev–Trinajstić information content (AvgIpc) is 3.02. The van der Waals surface area contributed by atoms with Crippen LogP contribution in [0.5, 0.6) is 0 Å². The molecule has 1 unspecified atom stereocenters. The fourth-order valence-corrected chi connectivity index (χ4v) is 3.78. The molecule has 0 saturated carbocycles. The van der Waals surface area contributed by atoms with Crippen LogP contribution in [-0.4, -0.2) is 29.1 Å². The second-order valence-corrected chi connectivity index (χ2v) is 7.11. The van der Waals surface area contributed by atoms with Crippen molar-refractivity contribution in [2.75, 3.05) is 13.1 Å². The number of thiazole rings is 1. The predicted molar refractivity (Wildman–Crippen MR) is 91.0 cm³/mol. The first-order valence-electron chi connectivity index (χ1n) is 7.98. The third-order valence-corrected chi connectivity index (χ3v) is 5.17. The highest BCUT2D eigenvalue weighted by Crippen LogP contribution is 2.28. The molecule has 1 aromatic heterocycles. The quantitative estimate of drug-likeness (QED) is 0.840. The van der Waals surface area contributed by atoms with Crippen LogP contribution in [0.15, 0.2) is 36.5 Å². The molecule has 3 rings (SSSR count). The third kappa shape index (κ3) is 4.17. The van der Waals surface area contributed by atoms with Crippen molar-refractivity contribution in [2.24, 2.45) is 0 Å². The van der Waals surface area contributed by atoms with Gasteiger partial charge in [-0.15, -0.1) is 11.3 Å². The summed E-state index contributed by atoms with van der Waals surface area (Å²) < 4.78 is 6.02. The zero-order chi connectivity index (χ0) is 16.1. The molecule has 2 aromatic rings. The first-order valence-corrected chi connectivity index (χ1v) is 8.79. The maximum atomic E-state index is 9.51. The van der Waals surface area contributed by atoms with Crippen LogP contribution < -0.4 is 0 Å². The summed E-state index contributed by atoms with van der Waals surface area (Å²) >= 11 is 1.62. The molecule has 1 aliphatic heterocycles. The molecule has 0 N–H and O–H groups in total. The fraction of sp³-hybridized carbons (Fsp3) is 0.444. The van der Waals surface area contributed by atoms with Gasteiger partial charge in [-0.2, -0.15) is 5.26 Å². The van der Waals surface area contributed by atoms with Gasteiger partial charge >= 0.3 is 0 Å². The second kappa shape index (κ2) is 7.69. The Labute approximate surface area is 141 Å². The fourth-order valence-electron chi connectivity index (χ4n) is 2.92. The molecule has 1 aliphatic rings. The van der Waals surface area contributed by atoms with Gasteiger partial charge in [-0.05, 0) is 25.3 Å². The molecular formula is C18H21N3OS. The zero-order valence-corrected chi connectivity index (χ0v) is 14.1. The Bertz CT molecular complexity index is 656. The molecule has 1 aromatic carbocycles. The van der Waals surface area contributed by atoms with Crippen molar-refractivity contribution in [1.82, 2.24) is 9.88 Å². The van der Waals surface area contributed by atoms with Gasteiger partial charge in [0, 0.05) is 19.3 Å². The summed E-state index contributed by atoms with van der Waals surface area (Å²) in [5, 5.41) is 10.5. The van der Waals surface area contributed by atoms with Crippen molar-refractivity contribution in [2.45, 2.75) is 38.5 Å². The molecule has 1 fully saturated rings. The smallest absolute Gasteiger partial charge is 0.134 e. The number of aryl methyl sites for hydroxylation is 1. The maximum Gasteiger partial charge on any atom is 0.134 e. The summed E-state index contributed by atoms with van der Waals surface area (Å²) in [6.45, 7) is 4.44. The summed E-state index contributed by atoms with van der Waals surface area (Å²) in [7, 11) is 0. The molecule has 0 radical (unpaired) electrons. The van der Waals surface area contributed by atoms with E-state index in [1.807, 2.05) is 31.3 Å². The highest BCUT2D eigenvalue weighted by molar-refractivity contribution is 7.11. The van der Waals surface area contributed by atoms with Crippen LogP contribution in [0.3, 0.4) is 0 Å². The van der Waals surface area contributed by atoms with Gasteiger partial charge in [-0.1, -0.05) is 30.3 Å². The maximum absolute atomic E-state index is 9.51. The molecule has 120 valence electrons. The number of hydrogen-bond donors (Lipinski definition) is 0. The van der Waals surface area contributed by atoms with Crippen LogP contribution in [-0.2, 0) is 11.3 Å². The van der Waals surface area contributed by atoms with E-state index in [4.69, 9.17) is 4.74 Å². The number of hydrogen-bond acceptors (Lipinski definition) is 5. The number of piperidine rings is 1. The van der Waals surface area contributed by atoms with Crippen molar-refractivity contribution in [3.8, 4) is 6.07 Å². The van der Waals surface area contributed by atoms with Gasteiger partial charge in [-0.3, -0.25) is 4.90 Å². The Morgan fingerprint density at radius 1 is 1.35 bits per heavy atom. The van der Waals surface area contributed by atoms with Gasteiger partial charge < -0.3 is 4.74 Å². The van der Waals surface area contributed by atoms with Crippen molar-refractivity contribution in [1.29, 1.82) is 5.26 Å². The van der Waals surface area contributed by atoms with Gasteiger partial charge in [0.25, 0.3) is 0 Å². The molecule has 4 nitrogen and oxygen atoms in total. The standard InChI is InChI=1S/C18H21N3OS/c1-14-20-12-18(23-14)17(11-19)21-9-7-16(8-10-21)22-13-15-5-3-2-4-6-15/h2-6,12,16-17H,7-10,13H2,1H3. The third-order valence-electron chi connectivity index (χ3n) is 4.20. The second-order valence-electron chi connectivity index (χ2n) is 5.85. The Balaban J connectivity index is 1.51. The first-order chi connectivity index (χ1) is 11.3. The van der Waals surface area contributed by atoms with E-state index in [1.165, 1.54) is 5.56 Å². The largest absolute Gasteiger partial charge is 0.373 e. The predicted octanol–water partition coefficient (Wildman–Crippen LogP) is 3.70. The highest BCUT2D eigenvalue weighted by atomic mass is 32.1. The van der Waals surface area contributed by atoms with Gasteiger partial charge in [0.05, 0.1) is 28.7 Å². The van der Waals surface area contributed by atoms with Crippen molar-refractivity contribution < 1.29 is 4.74 Å². The lowest BCUT2D eigenvalue weighted by Gasteiger charge is -2.34. The number of benzene rings is 1. The van der Waals surface area contributed by atoms with E-state index in [1.54, 1.807) is 11.3 Å². The Hall–Kier alpha value is -1.74. The number of nitriles is 1. The lowest BCUT2D eigenvalue weighted by Crippen LogP contribution is -2.38. The van der Waals surface area contributed by atoms with Crippen molar-refractivity contribution in [3.05, 3.63) is 52.0 Å². The Kier molecular flexibility index (Phi) is 5.39. The summed E-state index contributed by atoms with van der Waals surface area (Å²) in [6.07, 6.45) is 4.08. The van der Waals surface area contributed by atoms with E-state index in [0.717, 1.165) is 35.8 Å². The van der Waals surface area contributed by atoms with Crippen molar-refractivity contribution in [3.63, 3.8) is 0 Å². The monoisotopic (exact) mass is 327 g/mol. The summed E-state index contributed by atoms with van der Waals surface area (Å²) in [5.41, 5.74) is 1.21. The lowest BCUT2D eigenvalue weighted by molar-refractivity contribution is -0.00673. The number of rotatable bonds is 5. The van der Waals surface area contributed by atoms with E-state index < -0.39 is 0 Å². The van der Waals surface area contributed by atoms with Crippen LogP contribution in [0.4, 0.5) is 0 Å². The van der Waals surface area contributed by atoms with E-state index in [2.05, 4.69) is 28.1 Å². The van der Waals surface area contributed by atoms with E-state index in [-0.39, 0.29) is 12.1 Å². The molecular weight excluding hydrogens is 306 g/mol. The summed E-state index contributed by atoms with van der Waals surface area (Å²) in [5.74, 6) is 0. The van der Waals surface area contributed by atoms with Gasteiger partial charge in [-0.25, -0.2) is 4.98 Å². The molecule has 0 aliphatic carbocycles. The Morgan fingerprint density at radius 2 is 2.09 bits per heavy atom. The SMILES string of the molecule is Cc1ncc(C(C#N)N2CCC(OCc3ccccc3)CC2)s1. The average molecular weight is 327 g/mol. The molecule has 1 atom stereocenters. The summed E-state index contributed by atoms with van der Waals surface area (Å²) in [4.78, 5) is 7.57. The van der Waals surface area contributed by atoms with Crippen LogP contribution in [0.2, 0.25) is 0 Å². The minimum Gasteiger partial charge on any atom is -0.373 e. The van der Waals surface area contributed by atoms with Gasteiger partial charge in [0.15, 0.2) is 0 Å². The lowest BCUT2D eigenvalue weighted by atomic mass is 10.1. The van der Waals surface area contributed by atoms with E-state index in [0.29, 0.717) is 6.61 Å². The zero-order valence-electron chi connectivity index (χ0n) is 13.3. The van der Waals surface area contributed by atoms with Crippen LogP contribution in [0, 0.1) is 18.3 Å². The minimum absolute atomic E-state index is 0.170. The minimum atomic E-state index is -0.170. The molecule has 2 heterocycles. The van der Waals surface area contributed by atoms with Crippen LogP contribution in [0.25, 0.3) is 0 Å². The topological polar surface area (TPSA) is 49.2 Å².